The number of hydrogen-bond acceptors (Lipinski definition) is 2. The van der Waals surface area contributed by atoms with Crippen molar-refractivity contribution in [1.82, 2.24) is 14.0 Å². The molecule has 0 aliphatic heterocycles. The number of nitrogens with two attached hydrogens (primary N) is 1. The Morgan fingerprint density at radius 1 is 1.44 bits per heavy atom. The van der Waals surface area contributed by atoms with Gasteiger partial charge < -0.3 is 10.3 Å². The molecule has 16 heavy (non-hydrogen) atoms. The molecule has 3 aromatic rings. The number of aromatic nitrogens is 3. The zero-order valence-corrected chi connectivity index (χ0v) is 8.81. The van der Waals surface area contributed by atoms with E-state index in [2.05, 4.69) is 4.98 Å². The average Bonchev–Trinajstić information content (AvgIpc) is 2.77. The summed E-state index contributed by atoms with van der Waals surface area (Å²) in [5, 5.41) is 0. The van der Waals surface area contributed by atoms with Crippen LogP contribution in [-0.4, -0.2) is 14.0 Å². The van der Waals surface area contributed by atoms with Crippen LogP contribution in [0.1, 0.15) is 5.69 Å². The molecule has 2 aromatic heterocycles. The Morgan fingerprint density at radius 2 is 2.25 bits per heavy atom. The monoisotopic (exact) mass is 218 g/mol. The lowest BCUT2D eigenvalue weighted by atomic mass is 10.3. The smallest absolute Gasteiger partial charge is 0.214 e. The molecule has 0 fully saturated rings. The first-order valence-corrected chi connectivity index (χ1v) is 5.02. The lowest BCUT2D eigenvalue weighted by Crippen LogP contribution is -2.02. The maximum Gasteiger partial charge on any atom is 0.214 e. The van der Waals surface area contributed by atoms with E-state index >= 15 is 0 Å². The topological polar surface area (TPSA) is 48.2 Å². The number of hydrogen-bond donors (Lipinski definition) is 1. The second-order valence-corrected chi connectivity index (χ2v) is 3.80. The molecule has 2 N–H and O–H groups in total. The minimum atomic E-state index is -0.257. The van der Waals surface area contributed by atoms with Crippen LogP contribution in [0.25, 0.3) is 16.8 Å². The molecule has 3 rings (SSSR count). The van der Waals surface area contributed by atoms with Gasteiger partial charge in [0.15, 0.2) is 0 Å². The fraction of sp³-hybridized carbons (Fsp3) is 0.182. The fourth-order valence-corrected chi connectivity index (χ4v) is 1.97. The summed E-state index contributed by atoms with van der Waals surface area (Å²) in [5.41, 5.74) is 8.13. The molecule has 0 bridgehead atoms. The molecule has 0 saturated carbocycles. The standard InChI is InChI=1S/C11H11FN4/c1-15-8(5-13)6-16-10-4-7(12)2-3-9(10)14-11(15)16/h2-4,6H,5,13H2,1H3. The second-order valence-electron chi connectivity index (χ2n) is 3.80. The predicted octanol–water partition coefficient (Wildman–Crippen LogP) is 1.42. The zero-order chi connectivity index (χ0) is 11.3. The van der Waals surface area contributed by atoms with Gasteiger partial charge in [0.2, 0.25) is 5.78 Å². The minimum Gasteiger partial charge on any atom is -0.325 e. The first-order chi connectivity index (χ1) is 7.70. The number of imidazole rings is 2. The van der Waals surface area contributed by atoms with E-state index < -0.39 is 0 Å². The van der Waals surface area contributed by atoms with E-state index in [1.54, 1.807) is 6.07 Å². The Balaban J connectivity index is 2.47. The van der Waals surface area contributed by atoms with Gasteiger partial charge >= 0.3 is 0 Å². The summed E-state index contributed by atoms with van der Waals surface area (Å²) in [7, 11) is 1.90. The summed E-state index contributed by atoms with van der Waals surface area (Å²) in [6.45, 7) is 0.441. The molecule has 82 valence electrons. The molecule has 0 amide bonds. The van der Waals surface area contributed by atoms with Crippen LogP contribution < -0.4 is 5.73 Å². The van der Waals surface area contributed by atoms with E-state index in [1.807, 2.05) is 22.2 Å². The van der Waals surface area contributed by atoms with Gasteiger partial charge in [-0.3, -0.25) is 4.40 Å². The molecular formula is C11H11FN4. The molecule has 0 spiro atoms. The Hall–Kier alpha value is -1.88. The second kappa shape index (κ2) is 3.05. The van der Waals surface area contributed by atoms with Crippen molar-refractivity contribution in [1.29, 1.82) is 0 Å². The average molecular weight is 218 g/mol. The highest BCUT2D eigenvalue weighted by Crippen LogP contribution is 2.19. The van der Waals surface area contributed by atoms with Crippen LogP contribution in [0, 0.1) is 5.82 Å². The summed E-state index contributed by atoms with van der Waals surface area (Å²) in [6.07, 6.45) is 1.89. The molecule has 0 saturated heterocycles. The third kappa shape index (κ3) is 1.09. The van der Waals surface area contributed by atoms with E-state index in [1.165, 1.54) is 12.1 Å². The van der Waals surface area contributed by atoms with Gasteiger partial charge in [0.1, 0.15) is 5.82 Å². The number of fused-ring (bicyclic) bond motifs is 3. The van der Waals surface area contributed by atoms with Gasteiger partial charge in [0.05, 0.1) is 16.7 Å². The van der Waals surface area contributed by atoms with E-state index in [4.69, 9.17) is 5.73 Å². The minimum absolute atomic E-state index is 0.257. The highest BCUT2D eigenvalue weighted by atomic mass is 19.1. The van der Waals surface area contributed by atoms with Gasteiger partial charge in [-0.1, -0.05) is 0 Å². The number of aryl methyl sites for hydroxylation is 1. The van der Waals surface area contributed by atoms with Crippen molar-refractivity contribution in [3.05, 3.63) is 35.9 Å². The van der Waals surface area contributed by atoms with Gasteiger partial charge in [-0.2, -0.15) is 0 Å². The van der Waals surface area contributed by atoms with Crippen LogP contribution in [0.4, 0.5) is 4.39 Å². The molecule has 0 radical (unpaired) electrons. The molecule has 5 heteroatoms. The van der Waals surface area contributed by atoms with Crippen molar-refractivity contribution in [2.75, 3.05) is 0 Å². The number of nitrogens with zero attached hydrogens (tertiary/aromatic N) is 3. The zero-order valence-electron chi connectivity index (χ0n) is 8.81. The summed E-state index contributed by atoms with van der Waals surface area (Å²) in [6, 6.07) is 4.58. The van der Waals surface area contributed by atoms with Crippen molar-refractivity contribution in [2.24, 2.45) is 12.8 Å². The third-order valence-corrected chi connectivity index (χ3v) is 2.85. The van der Waals surface area contributed by atoms with Crippen LogP contribution in [0.3, 0.4) is 0 Å². The SMILES string of the molecule is Cn1c(CN)cn2c3cc(F)ccc3nc12. The number of benzene rings is 1. The summed E-state index contributed by atoms with van der Waals surface area (Å²) < 4.78 is 16.9. The van der Waals surface area contributed by atoms with E-state index in [9.17, 15) is 4.39 Å². The van der Waals surface area contributed by atoms with Crippen LogP contribution in [0.15, 0.2) is 24.4 Å². The van der Waals surface area contributed by atoms with Crippen molar-refractivity contribution in [3.8, 4) is 0 Å². The van der Waals surface area contributed by atoms with Crippen LogP contribution in [0.2, 0.25) is 0 Å². The molecule has 2 heterocycles. The maximum absolute atomic E-state index is 13.2. The van der Waals surface area contributed by atoms with Crippen molar-refractivity contribution in [2.45, 2.75) is 6.54 Å². The normalized spacial score (nSPS) is 11.7. The van der Waals surface area contributed by atoms with E-state index in [0.717, 1.165) is 22.5 Å². The third-order valence-electron chi connectivity index (χ3n) is 2.85. The Kier molecular flexibility index (Phi) is 1.79. The Labute approximate surface area is 91.1 Å². The lowest BCUT2D eigenvalue weighted by molar-refractivity contribution is 0.629. The first-order valence-electron chi connectivity index (χ1n) is 5.02. The van der Waals surface area contributed by atoms with E-state index in [0.29, 0.717) is 6.54 Å². The highest BCUT2D eigenvalue weighted by molar-refractivity contribution is 5.79. The van der Waals surface area contributed by atoms with Crippen molar-refractivity contribution in [3.63, 3.8) is 0 Å². The lowest BCUT2D eigenvalue weighted by Gasteiger charge is -1.95. The van der Waals surface area contributed by atoms with Gasteiger partial charge in [-0.15, -0.1) is 0 Å². The van der Waals surface area contributed by atoms with Crippen LogP contribution >= 0.6 is 0 Å². The Bertz CT molecular complexity index is 680. The molecule has 0 unspecified atom stereocenters. The number of rotatable bonds is 1. The predicted molar refractivity (Wildman–Crippen MR) is 59.5 cm³/mol. The Morgan fingerprint density at radius 3 is 3.00 bits per heavy atom. The van der Waals surface area contributed by atoms with Crippen LogP contribution in [-0.2, 0) is 13.6 Å². The summed E-state index contributed by atoms with van der Waals surface area (Å²) in [5.74, 6) is 0.522. The fourth-order valence-electron chi connectivity index (χ4n) is 1.97. The molecule has 0 atom stereocenters. The van der Waals surface area contributed by atoms with Gasteiger partial charge in [-0.25, -0.2) is 9.37 Å². The maximum atomic E-state index is 13.2. The molecular weight excluding hydrogens is 207 g/mol. The summed E-state index contributed by atoms with van der Waals surface area (Å²) >= 11 is 0. The van der Waals surface area contributed by atoms with Crippen molar-refractivity contribution >= 4 is 16.8 Å². The first kappa shape index (κ1) is 9.35. The number of halogens is 1. The van der Waals surface area contributed by atoms with Gasteiger partial charge in [0, 0.05) is 25.9 Å². The molecule has 0 aliphatic carbocycles. The molecule has 0 aliphatic rings. The van der Waals surface area contributed by atoms with Crippen LogP contribution in [0.5, 0.6) is 0 Å². The van der Waals surface area contributed by atoms with Crippen molar-refractivity contribution < 1.29 is 4.39 Å². The van der Waals surface area contributed by atoms with E-state index in [-0.39, 0.29) is 5.82 Å². The molecule has 4 nitrogen and oxygen atoms in total. The van der Waals surface area contributed by atoms with Gasteiger partial charge in [0.25, 0.3) is 0 Å². The quantitative estimate of drug-likeness (QED) is 0.671. The largest absolute Gasteiger partial charge is 0.325 e. The summed E-state index contributed by atoms with van der Waals surface area (Å²) in [4.78, 5) is 4.43. The highest BCUT2D eigenvalue weighted by Gasteiger charge is 2.10. The van der Waals surface area contributed by atoms with Gasteiger partial charge in [-0.05, 0) is 12.1 Å². The molecule has 1 aromatic carbocycles.